The van der Waals surface area contributed by atoms with E-state index in [0.717, 1.165) is 0 Å². The quantitative estimate of drug-likeness (QED) is 0.921. The summed E-state index contributed by atoms with van der Waals surface area (Å²) in [6, 6.07) is 7.21. The van der Waals surface area contributed by atoms with Crippen LogP contribution in [0.5, 0.6) is 5.75 Å². The highest BCUT2D eigenvalue weighted by molar-refractivity contribution is 7.89. The monoisotopic (exact) mass is 315 g/mol. The highest BCUT2D eigenvalue weighted by atomic mass is 35.5. The van der Waals surface area contributed by atoms with Crippen molar-refractivity contribution >= 4 is 21.6 Å². The van der Waals surface area contributed by atoms with E-state index in [1.165, 1.54) is 31.6 Å². The van der Waals surface area contributed by atoms with Gasteiger partial charge in [0.05, 0.1) is 29.3 Å². The summed E-state index contributed by atoms with van der Waals surface area (Å²) in [6.45, 7) is 1.70. The average Bonchev–Trinajstić information content (AvgIpc) is 2.92. The molecule has 0 aliphatic heterocycles. The van der Waals surface area contributed by atoms with Gasteiger partial charge < -0.3 is 9.15 Å². The first kappa shape index (κ1) is 14.9. The van der Waals surface area contributed by atoms with Crippen molar-refractivity contribution in [2.75, 3.05) is 7.11 Å². The second kappa shape index (κ2) is 5.87. The van der Waals surface area contributed by atoms with Crippen molar-refractivity contribution in [3.05, 3.63) is 47.4 Å². The first-order chi connectivity index (χ1) is 9.44. The number of methoxy groups -OCH3 is 1. The third-order valence-electron chi connectivity index (χ3n) is 2.74. The van der Waals surface area contributed by atoms with Crippen LogP contribution in [0.25, 0.3) is 0 Å². The molecular formula is C13H14ClNO4S. The van der Waals surface area contributed by atoms with E-state index in [2.05, 4.69) is 4.72 Å². The van der Waals surface area contributed by atoms with Crippen molar-refractivity contribution in [2.45, 2.75) is 17.9 Å². The Bertz CT molecular complexity index is 682. The third kappa shape index (κ3) is 3.15. The van der Waals surface area contributed by atoms with Crippen LogP contribution in [0.1, 0.15) is 18.7 Å². The van der Waals surface area contributed by atoms with Crippen LogP contribution in [0.15, 0.2) is 45.9 Å². The van der Waals surface area contributed by atoms with Crippen molar-refractivity contribution in [1.29, 1.82) is 0 Å². The number of hydrogen-bond acceptors (Lipinski definition) is 4. The zero-order chi connectivity index (χ0) is 14.8. The summed E-state index contributed by atoms with van der Waals surface area (Å²) < 4.78 is 37.1. The maximum absolute atomic E-state index is 12.2. The Morgan fingerprint density at radius 3 is 2.65 bits per heavy atom. The maximum Gasteiger partial charge on any atom is 0.241 e. The first-order valence-corrected chi connectivity index (χ1v) is 7.69. The molecule has 2 aromatic rings. The average molecular weight is 316 g/mol. The number of sulfonamides is 1. The molecule has 0 radical (unpaired) electrons. The molecule has 2 rings (SSSR count). The van der Waals surface area contributed by atoms with Gasteiger partial charge in [-0.2, -0.15) is 0 Å². The topological polar surface area (TPSA) is 68.5 Å². The van der Waals surface area contributed by atoms with Gasteiger partial charge in [-0.05, 0) is 37.3 Å². The van der Waals surface area contributed by atoms with Gasteiger partial charge in [-0.1, -0.05) is 11.6 Å². The predicted molar refractivity (Wildman–Crippen MR) is 75.4 cm³/mol. The lowest BCUT2D eigenvalue weighted by atomic mass is 10.3. The number of halogens is 1. The second-order valence-electron chi connectivity index (χ2n) is 4.15. The highest BCUT2D eigenvalue weighted by Gasteiger charge is 2.20. The fraction of sp³-hybridized carbons (Fsp3) is 0.231. The summed E-state index contributed by atoms with van der Waals surface area (Å²) >= 11 is 5.94. The standard InChI is InChI=1S/C13H14ClNO4S/c1-9(12-4-3-7-19-12)15-20(16,17)10-5-6-13(18-2)11(14)8-10/h3-9,15H,1-2H3. The van der Waals surface area contributed by atoms with Gasteiger partial charge >= 0.3 is 0 Å². The van der Waals surface area contributed by atoms with Crippen molar-refractivity contribution in [1.82, 2.24) is 4.72 Å². The highest BCUT2D eigenvalue weighted by Crippen LogP contribution is 2.27. The Balaban J connectivity index is 2.24. The van der Waals surface area contributed by atoms with Crippen LogP contribution in [-0.2, 0) is 10.0 Å². The molecule has 1 N–H and O–H groups in total. The summed E-state index contributed by atoms with van der Waals surface area (Å²) in [6.07, 6.45) is 1.49. The summed E-state index contributed by atoms with van der Waals surface area (Å²) in [5.74, 6) is 0.956. The lowest BCUT2D eigenvalue weighted by Crippen LogP contribution is -2.26. The summed E-state index contributed by atoms with van der Waals surface area (Å²) in [4.78, 5) is 0.0710. The first-order valence-electron chi connectivity index (χ1n) is 5.83. The van der Waals surface area contributed by atoms with Gasteiger partial charge in [0.1, 0.15) is 11.5 Å². The van der Waals surface area contributed by atoms with Crippen molar-refractivity contribution in [3.63, 3.8) is 0 Å². The number of hydrogen-bond donors (Lipinski definition) is 1. The minimum Gasteiger partial charge on any atom is -0.495 e. The van der Waals surface area contributed by atoms with Crippen LogP contribution in [0.4, 0.5) is 0 Å². The smallest absolute Gasteiger partial charge is 0.241 e. The van der Waals surface area contributed by atoms with Crippen molar-refractivity contribution < 1.29 is 17.6 Å². The molecule has 1 heterocycles. The maximum atomic E-state index is 12.2. The third-order valence-corrected chi connectivity index (χ3v) is 4.57. The van der Waals surface area contributed by atoms with Crippen LogP contribution in [0.3, 0.4) is 0 Å². The number of ether oxygens (including phenoxy) is 1. The molecule has 20 heavy (non-hydrogen) atoms. The molecule has 1 aromatic carbocycles. The molecule has 0 spiro atoms. The molecule has 0 aliphatic rings. The van der Waals surface area contributed by atoms with Crippen LogP contribution in [0, 0.1) is 0 Å². The molecule has 0 fully saturated rings. The minimum absolute atomic E-state index is 0.0710. The SMILES string of the molecule is COc1ccc(S(=O)(=O)NC(C)c2ccco2)cc1Cl. The lowest BCUT2D eigenvalue weighted by Gasteiger charge is -2.13. The lowest BCUT2D eigenvalue weighted by molar-refractivity contribution is 0.414. The molecule has 1 aromatic heterocycles. The van der Waals surface area contributed by atoms with E-state index in [1.807, 2.05) is 0 Å². The zero-order valence-electron chi connectivity index (χ0n) is 11.0. The number of furan rings is 1. The summed E-state index contributed by atoms with van der Waals surface area (Å²) in [5.41, 5.74) is 0. The Kier molecular flexibility index (Phi) is 4.37. The van der Waals surface area contributed by atoms with E-state index in [0.29, 0.717) is 11.5 Å². The van der Waals surface area contributed by atoms with E-state index in [4.69, 9.17) is 20.8 Å². The number of nitrogens with one attached hydrogen (secondary N) is 1. The molecule has 7 heteroatoms. The van der Waals surface area contributed by atoms with E-state index in [9.17, 15) is 8.42 Å². The Morgan fingerprint density at radius 2 is 2.10 bits per heavy atom. The Morgan fingerprint density at radius 1 is 1.35 bits per heavy atom. The van der Waals surface area contributed by atoms with Gasteiger partial charge in [0, 0.05) is 0 Å². The molecular weight excluding hydrogens is 302 g/mol. The van der Waals surface area contributed by atoms with Gasteiger partial charge in [0.15, 0.2) is 0 Å². The van der Waals surface area contributed by atoms with E-state index in [-0.39, 0.29) is 9.92 Å². The largest absolute Gasteiger partial charge is 0.495 e. The molecule has 5 nitrogen and oxygen atoms in total. The Labute approximate surface area is 122 Å². The molecule has 0 saturated heterocycles. The van der Waals surface area contributed by atoms with Crippen molar-refractivity contribution in [2.24, 2.45) is 0 Å². The molecule has 0 saturated carbocycles. The molecule has 1 atom stereocenters. The Hall–Kier alpha value is -1.50. The number of benzene rings is 1. The fourth-order valence-corrected chi connectivity index (χ4v) is 3.27. The van der Waals surface area contributed by atoms with Gasteiger partial charge in [-0.15, -0.1) is 0 Å². The van der Waals surface area contributed by atoms with E-state index >= 15 is 0 Å². The zero-order valence-corrected chi connectivity index (χ0v) is 12.5. The van der Waals surface area contributed by atoms with Crippen LogP contribution >= 0.6 is 11.6 Å². The predicted octanol–water partition coefficient (Wildman–Crippen LogP) is 2.98. The normalized spacial score (nSPS) is 13.2. The summed E-state index contributed by atoms with van der Waals surface area (Å²) in [5, 5.41) is 0.237. The van der Waals surface area contributed by atoms with Crippen molar-refractivity contribution in [3.8, 4) is 5.75 Å². The van der Waals surface area contributed by atoms with E-state index in [1.54, 1.807) is 19.1 Å². The molecule has 0 aliphatic carbocycles. The molecule has 0 bridgehead atoms. The fourth-order valence-electron chi connectivity index (χ4n) is 1.71. The molecule has 1 unspecified atom stereocenters. The van der Waals surface area contributed by atoms with E-state index < -0.39 is 16.1 Å². The summed E-state index contributed by atoms with van der Waals surface area (Å²) in [7, 11) is -2.22. The minimum atomic E-state index is -3.68. The van der Waals surface area contributed by atoms with Crippen LogP contribution < -0.4 is 9.46 Å². The molecule has 108 valence electrons. The number of rotatable bonds is 5. The van der Waals surface area contributed by atoms with Gasteiger partial charge in [-0.3, -0.25) is 0 Å². The van der Waals surface area contributed by atoms with Crippen LogP contribution in [-0.4, -0.2) is 15.5 Å². The molecule has 0 amide bonds. The van der Waals surface area contributed by atoms with Gasteiger partial charge in [0.2, 0.25) is 10.0 Å². The van der Waals surface area contributed by atoms with Gasteiger partial charge in [-0.25, -0.2) is 13.1 Å². The second-order valence-corrected chi connectivity index (χ2v) is 6.28. The van der Waals surface area contributed by atoms with Crippen LogP contribution in [0.2, 0.25) is 5.02 Å². The van der Waals surface area contributed by atoms with Gasteiger partial charge in [0.25, 0.3) is 0 Å².